The fraction of sp³-hybridized carbons (Fsp3) is 0.0909. The van der Waals surface area contributed by atoms with Crippen molar-refractivity contribution in [1.82, 2.24) is 0 Å². The molecule has 0 radical (unpaired) electrons. The molecule has 0 fully saturated rings. The predicted octanol–water partition coefficient (Wildman–Crippen LogP) is 5.58. The molecule has 1 aliphatic rings. The summed E-state index contributed by atoms with van der Waals surface area (Å²) in [6.45, 7) is 0. The monoisotopic (exact) mass is 346 g/mol. The molecular weight excluding hydrogens is 328 g/mol. The topological polar surface area (TPSA) is 6.48 Å². The Hall–Kier alpha value is -2.71. The van der Waals surface area contributed by atoms with Crippen molar-refractivity contribution < 1.29 is 0 Å². The molecule has 124 valence electrons. The van der Waals surface area contributed by atoms with Crippen LogP contribution in [0.25, 0.3) is 0 Å². The van der Waals surface area contributed by atoms with E-state index < -0.39 is 5.66 Å². The lowest BCUT2D eigenvalue weighted by Crippen LogP contribution is -2.52. The first kappa shape index (κ1) is 15.8. The molecule has 0 aromatic heterocycles. The minimum Gasteiger partial charge on any atom is -0.318 e. The maximum atomic E-state index is 6.67. The van der Waals surface area contributed by atoms with Crippen LogP contribution in [0.2, 0.25) is 0 Å². The van der Waals surface area contributed by atoms with Gasteiger partial charge < -0.3 is 9.80 Å². The third-order valence-electron chi connectivity index (χ3n) is 4.65. The lowest BCUT2D eigenvalue weighted by molar-refractivity contribution is 0.514. The van der Waals surface area contributed by atoms with Gasteiger partial charge in [0.15, 0.2) is 5.66 Å². The largest absolute Gasteiger partial charge is 0.318 e. The Bertz CT molecular complexity index is 797. The molecule has 2 nitrogen and oxygen atoms in total. The summed E-state index contributed by atoms with van der Waals surface area (Å²) in [5.41, 5.74) is 2.87. The minimum atomic E-state index is -0.508. The van der Waals surface area contributed by atoms with Crippen molar-refractivity contribution in [1.29, 1.82) is 0 Å². The van der Waals surface area contributed by atoms with Gasteiger partial charge in [0.2, 0.25) is 0 Å². The van der Waals surface area contributed by atoms with E-state index in [9.17, 15) is 0 Å². The fourth-order valence-electron chi connectivity index (χ4n) is 3.46. The van der Waals surface area contributed by atoms with E-state index in [4.69, 9.17) is 11.6 Å². The maximum Gasteiger partial charge on any atom is 0.161 e. The van der Waals surface area contributed by atoms with Gasteiger partial charge in [0, 0.05) is 23.8 Å². The molecular formula is C22H19ClN2. The Morgan fingerprint density at radius 2 is 1.00 bits per heavy atom. The number of alkyl halides is 1. The summed E-state index contributed by atoms with van der Waals surface area (Å²) >= 11 is 6.67. The lowest BCUT2D eigenvalue weighted by Gasteiger charge is -2.45. The average molecular weight is 347 g/mol. The third-order valence-corrected chi connectivity index (χ3v) is 5.03. The van der Waals surface area contributed by atoms with Crippen molar-refractivity contribution in [2.75, 3.05) is 15.7 Å². The van der Waals surface area contributed by atoms with E-state index >= 15 is 0 Å². The smallest absolute Gasteiger partial charge is 0.161 e. The zero-order valence-corrected chi connectivity index (χ0v) is 14.6. The number of nitrogens with zero attached hydrogens (tertiary/aromatic N) is 2. The lowest BCUT2D eigenvalue weighted by atomic mass is 9.97. The van der Waals surface area contributed by atoms with E-state index in [0.717, 1.165) is 16.9 Å². The highest BCUT2D eigenvalue weighted by atomic mass is 35.5. The summed E-state index contributed by atoms with van der Waals surface area (Å²) in [5, 5.41) is 0. The Morgan fingerprint density at radius 1 is 0.600 bits per heavy atom. The van der Waals surface area contributed by atoms with Gasteiger partial charge in [0.25, 0.3) is 0 Å². The predicted molar refractivity (Wildman–Crippen MR) is 106 cm³/mol. The molecule has 4 rings (SSSR count). The molecule has 0 saturated heterocycles. The van der Waals surface area contributed by atoms with Crippen LogP contribution in [-0.4, -0.2) is 5.88 Å². The summed E-state index contributed by atoms with van der Waals surface area (Å²) < 4.78 is 0. The first-order chi connectivity index (χ1) is 12.4. The Balaban J connectivity index is 1.90. The molecule has 3 aromatic carbocycles. The van der Waals surface area contributed by atoms with Crippen molar-refractivity contribution in [3.63, 3.8) is 0 Å². The molecule has 1 aliphatic heterocycles. The van der Waals surface area contributed by atoms with Crippen LogP contribution in [0.15, 0.2) is 103 Å². The molecule has 3 aromatic rings. The second-order valence-corrected chi connectivity index (χ2v) is 6.29. The van der Waals surface area contributed by atoms with Gasteiger partial charge in [-0.2, -0.15) is 0 Å². The Labute approximate surface area is 153 Å². The van der Waals surface area contributed by atoms with Crippen LogP contribution in [0.3, 0.4) is 0 Å². The summed E-state index contributed by atoms with van der Waals surface area (Å²) in [7, 11) is 0. The zero-order valence-electron chi connectivity index (χ0n) is 13.8. The van der Waals surface area contributed by atoms with Crippen LogP contribution < -0.4 is 9.80 Å². The standard InChI is InChI=1S/C22H19ClN2/c23-18-22(19-10-4-1-5-11-19)24(20-12-6-2-7-13-20)16-17-25(22)21-14-8-3-9-15-21/h1-17H,18H2. The fourth-order valence-corrected chi connectivity index (χ4v) is 3.87. The number of rotatable bonds is 4. The molecule has 0 spiro atoms. The minimum absolute atomic E-state index is 0.424. The van der Waals surface area contributed by atoms with Gasteiger partial charge in [-0.25, -0.2) is 0 Å². The number of para-hydroxylation sites is 2. The third kappa shape index (κ3) is 2.59. The van der Waals surface area contributed by atoms with Crippen LogP contribution >= 0.6 is 11.6 Å². The number of hydrogen-bond acceptors (Lipinski definition) is 2. The highest BCUT2D eigenvalue weighted by molar-refractivity contribution is 6.19. The van der Waals surface area contributed by atoms with Crippen molar-refractivity contribution in [2.45, 2.75) is 5.66 Å². The maximum absolute atomic E-state index is 6.67. The van der Waals surface area contributed by atoms with Gasteiger partial charge in [-0.15, -0.1) is 11.6 Å². The average Bonchev–Trinajstić information content (AvgIpc) is 3.10. The van der Waals surface area contributed by atoms with Crippen LogP contribution in [0, 0.1) is 0 Å². The van der Waals surface area contributed by atoms with Crippen LogP contribution in [0.1, 0.15) is 5.56 Å². The van der Waals surface area contributed by atoms with E-state index in [1.54, 1.807) is 0 Å². The number of halogens is 1. The SMILES string of the molecule is ClCC1(c2ccccc2)N(c2ccccc2)C=CN1c1ccccc1. The highest BCUT2D eigenvalue weighted by Gasteiger charge is 2.46. The second-order valence-electron chi connectivity index (χ2n) is 6.03. The van der Waals surface area contributed by atoms with Crippen molar-refractivity contribution >= 4 is 23.0 Å². The molecule has 25 heavy (non-hydrogen) atoms. The molecule has 0 saturated carbocycles. The van der Waals surface area contributed by atoms with Gasteiger partial charge in [-0.1, -0.05) is 66.7 Å². The Morgan fingerprint density at radius 3 is 1.40 bits per heavy atom. The van der Waals surface area contributed by atoms with Gasteiger partial charge in [-0.05, 0) is 29.8 Å². The molecule has 0 N–H and O–H groups in total. The van der Waals surface area contributed by atoms with E-state index in [1.165, 1.54) is 0 Å². The van der Waals surface area contributed by atoms with Crippen molar-refractivity contribution in [2.24, 2.45) is 0 Å². The van der Waals surface area contributed by atoms with Gasteiger partial charge in [0.1, 0.15) is 0 Å². The molecule has 0 unspecified atom stereocenters. The number of anilines is 2. The molecule has 1 heterocycles. The van der Waals surface area contributed by atoms with E-state index in [1.807, 2.05) is 18.2 Å². The van der Waals surface area contributed by atoms with E-state index in [2.05, 4.69) is 95.0 Å². The zero-order chi connectivity index (χ0) is 17.1. The summed E-state index contributed by atoms with van der Waals surface area (Å²) in [6.07, 6.45) is 4.22. The summed E-state index contributed by atoms with van der Waals surface area (Å²) in [4.78, 5) is 4.50. The highest BCUT2D eigenvalue weighted by Crippen LogP contribution is 2.44. The van der Waals surface area contributed by atoms with E-state index in [-0.39, 0.29) is 0 Å². The van der Waals surface area contributed by atoms with Gasteiger partial charge >= 0.3 is 0 Å². The first-order valence-corrected chi connectivity index (χ1v) is 8.88. The van der Waals surface area contributed by atoms with Crippen LogP contribution in [-0.2, 0) is 5.66 Å². The number of hydrogen-bond donors (Lipinski definition) is 0. The van der Waals surface area contributed by atoms with Crippen LogP contribution in [0.5, 0.6) is 0 Å². The quantitative estimate of drug-likeness (QED) is 0.569. The van der Waals surface area contributed by atoms with Crippen LogP contribution in [0.4, 0.5) is 11.4 Å². The molecule has 0 aliphatic carbocycles. The normalized spacial score (nSPS) is 15.6. The molecule has 0 bridgehead atoms. The van der Waals surface area contributed by atoms with Gasteiger partial charge in [0.05, 0.1) is 5.88 Å². The second kappa shape index (κ2) is 6.66. The molecule has 0 amide bonds. The molecule has 0 atom stereocenters. The summed E-state index contributed by atoms with van der Waals surface area (Å²) in [6, 6.07) is 31.2. The number of benzene rings is 3. The van der Waals surface area contributed by atoms with E-state index in [0.29, 0.717) is 5.88 Å². The van der Waals surface area contributed by atoms with Crippen molar-refractivity contribution in [3.05, 3.63) is 109 Å². The summed E-state index contributed by atoms with van der Waals surface area (Å²) in [5.74, 6) is 0.424. The van der Waals surface area contributed by atoms with Gasteiger partial charge in [-0.3, -0.25) is 0 Å². The Kier molecular flexibility index (Phi) is 4.21. The molecule has 3 heteroatoms. The first-order valence-electron chi connectivity index (χ1n) is 8.35. The van der Waals surface area contributed by atoms with Crippen molar-refractivity contribution in [3.8, 4) is 0 Å².